The first-order valence-electron chi connectivity index (χ1n) is 5.82. The summed E-state index contributed by atoms with van der Waals surface area (Å²) >= 11 is 9.34. The number of likely N-dealkylation sites (N-methyl/N-ethyl adjacent to an activating group) is 1. The van der Waals surface area contributed by atoms with Gasteiger partial charge >= 0.3 is 0 Å². The average molecular weight is 344 g/mol. The normalized spacial score (nSPS) is 12.4. The molecule has 0 bridgehead atoms. The number of aromatic nitrogens is 1. The van der Waals surface area contributed by atoms with E-state index in [2.05, 4.69) is 26.2 Å². The van der Waals surface area contributed by atoms with Crippen molar-refractivity contribution in [2.75, 3.05) is 7.05 Å². The Balaban J connectivity index is 2.28. The SMILES string of the molecule is CNC(Cc1ccncc1Cl)c1ccc(Br)cc1F. The van der Waals surface area contributed by atoms with E-state index in [0.29, 0.717) is 17.0 Å². The number of hydrogen-bond acceptors (Lipinski definition) is 2. The van der Waals surface area contributed by atoms with Crippen molar-refractivity contribution in [3.63, 3.8) is 0 Å². The molecule has 0 fully saturated rings. The summed E-state index contributed by atoms with van der Waals surface area (Å²) in [6, 6.07) is 6.79. The second-order valence-corrected chi connectivity index (χ2v) is 5.50. The van der Waals surface area contributed by atoms with Gasteiger partial charge in [-0.1, -0.05) is 33.6 Å². The Labute approximate surface area is 125 Å². The third-order valence-corrected chi connectivity index (χ3v) is 3.80. The van der Waals surface area contributed by atoms with Crippen molar-refractivity contribution in [1.82, 2.24) is 10.3 Å². The highest BCUT2D eigenvalue weighted by molar-refractivity contribution is 9.10. The molecule has 1 N–H and O–H groups in total. The van der Waals surface area contributed by atoms with Crippen LogP contribution in [0.1, 0.15) is 17.2 Å². The van der Waals surface area contributed by atoms with Gasteiger partial charge in [0.05, 0.1) is 5.02 Å². The van der Waals surface area contributed by atoms with Crippen LogP contribution in [0.25, 0.3) is 0 Å². The first-order chi connectivity index (χ1) is 9.11. The number of nitrogens with one attached hydrogen (secondary N) is 1. The summed E-state index contributed by atoms with van der Waals surface area (Å²) in [6.45, 7) is 0. The maximum absolute atomic E-state index is 14.0. The fourth-order valence-electron chi connectivity index (χ4n) is 1.94. The molecule has 19 heavy (non-hydrogen) atoms. The highest BCUT2D eigenvalue weighted by Gasteiger charge is 2.16. The van der Waals surface area contributed by atoms with Gasteiger partial charge in [0.25, 0.3) is 0 Å². The van der Waals surface area contributed by atoms with Crippen LogP contribution in [0.15, 0.2) is 41.1 Å². The van der Waals surface area contributed by atoms with Crippen molar-refractivity contribution in [2.45, 2.75) is 12.5 Å². The molecule has 1 aromatic carbocycles. The van der Waals surface area contributed by atoms with Crippen molar-refractivity contribution >= 4 is 27.5 Å². The van der Waals surface area contributed by atoms with Crippen molar-refractivity contribution in [2.24, 2.45) is 0 Å². The smallest absolute Gasteiger partial charge is 0.129 e. The summed E-state index contributed by atoms with van der Waals surface area (Å²) in [7, 11) is 1.81. The minimum Gasteiger partial charge on any atom is -0.313 e. The molecule has 1 unspecified atom stereocenters. The van der Waals surface area contributed by atoms with Crippen LogP contribution in [0.2, 0.25) is 5.02 Å². The molecule has 1 aromatic heterocycles. The van der Waals surface area contributed by atoms with Gasteiger partial charge in [-0.05, 0) is 37.2 Å². The third-order valence-electron chi connectivity index (χ3n) is 2.97. The molecule has 100 valence electrons. The lowest BCUT2D eigenvalue weighted by molar-refractivity contribution is 0.533. The molecule has 1 heterocycles. The molecule has 0 aliphatic rings. The molecule has 2 aromatic rings. The molecule has 0 amide bonds. The summed E-state index contributed by atoms with van der Waals surface area (Å²) < 4.78 is 14.7. The first kappa shape index (κ1) is 14.4. The van der Waals surface area contributed by atoms with E-state index in [1.165, 1.54) is 6.07 Å². The number of nitrogens with zero attached hydrogens (tertiary/aromatic N) is 1. The van der Waals surface area contributed by atoms with Gasteiger partial charge in [0.1, 0.15) is 5.82 Å². The van der Waals surface area contributed by atoms with Gasteiger partial charge < -0.3 is 5.32 Å². The lowest BCUT2D eigenvalue weighted by atomic mass is 9.99. The molecule has 1 atom stereocenters. The third kappa shape index (κ3) is 3.53. The van der Waals surface area contributed by atoms with Gasteiger partial charge in [0, 0.05) is 28.5 Å². The zero-order chi connectivity index (χ0) is 13.8. The van der Waals surface area contributed by atoms with Crippen molar-refractivity contribution in [1.29, 1.82) is 0 Å². The van der Waals surface area contributed by atoms with Crippen LogP contribution >= 0.6 is 27.5 Å². The molecule has 0 radical (unpaired) electrons. The molecule has 2 rings (SSSR count). The molecule has 0 aliphatic heterocycles. The van der Waals surface area contributed by atoms with Gasteiger partial charge in [0.2, 0.25) is 0 Å². The summed E-state index contributed by atoms with van der Waals surface area (Å²) in [5.41, 5.74) is 1.57. The molecular formula is C14H13BrClFN2. The lowest BCUT2D eigenvalue weighted by Gasteiger charge is -2.18. The summed E-state index contributed by atoms with van der Waals surface area (Å²) in [4.78, 5) is 3.95. The number of halogens is 3. The predicted molar refractivity (Wildman–Crippen MR) is 78.9 cm³/mol. The Bertz CT molecular complexity index is 577. The Morgan fingerprint density at radius 3 is 2.84 bits per heavy atom. The van der Waals surface area contributed by atoms with Gasteiger partial charge in [-0.15, -0.1) is 0 Å². The number of rotatable bonds is 4. The fourth-order valence-corrected chi connectivity index (χ4v) is 2.47. The van der Waals surface area contributed by atoms with Crippen molar-refractivity contribution in [3.05, 3.63) is 63.1 Å². The quantitative estimate of drug-likeness (QED) is 0.902. The van der Waals surface area contributed by atoms with E-state index in [1.807, 2.05) is 12.1 Å². The molecule has 0 aliphatic carbocycles. The summed E-state index contributed by atoms with van der Waals surface area (Å²) in [6.07, 6.45) is 3.89. The topological polar surface area (TPSA) is 24.9 Å². The molecule has 0 saturated carbocycles. The largest absolute Gasteiger partial charge is 0.313 e. The highest BCUT2D eigenvalue weighted by atomic mass is 79.9. The minimum absolute atomic E-state index is 0.131. The molecule has 2 nitrogen and oxygen atoms in total. The maximum atomic E-state index is 14.0. The Kier molecular flexibility index (Phi) is 4.91. The zero-order valence-electron chi connectivity index (χ0n) is 10.3. The standard InChI is InChI=1S/C14H13BrClFN2/c1-18-14(6-9-4-5-19-8-12(9)16)11-3-2-10(15)7-13(11)17/h2-5,7-8,14,18H,6H2,1H3. The van der Waals surface area contributed by atoms with Crippen LogP contribution in [0.5, 0.6) is 0 Å². The number of pyridine rings is 1. The zero-order valence-corrected chi connectivity index (χ0v) is 12.7. The molecule has 0 spiro atoms. The number of benzene rings is 1. The Morgan fingerprint density at radius 1 is 1.42 bits per heavy atom. The summed E-state index contributed by atoms with van der Waals surface area (Å²) in [5.74, 6) is -0.237. The predicted octanol–water partition coefficient (Wildman–Crippen LogP) is 4.14. The van der Waals surface area contributed by atoms with Crippen molar-refractivity contribution < 1.29 is 4.39 Å². The molecule has 5 heteroatoms. The van der Waals surface area contributed by atoms with Crippen LogP contribution in [-0.2, 0) is 6.42 Å². The van der Waals surface area contributed by atoms with E-state index in [-0.39, 0.29) is 11.9 Å². The monoisotopic (exact) mass is 342 g/mol. The fraction of sp³-hybridized carbons (Fsp3) is 0.214. The van der Waals surface area contributed by atoms with Gasteiger partial charge in [-0.25, -0.2) is 4.39 Å². The summed E-state index contributed by atoms with van der Waals surface area (Å²) in [5, 5.41) is 3.72. The van der Waals surface area contributed by atoms with Gasteiger partial charge in [0.15, 0.2) is 0 Å². The van der Waals surface area contributed by atoms with Crippen molar-refractivity contribution in [3.8, 4) is 0 Å². The highest BCUT2D eigenvalue weighted by Crippen LogP contribution is 2.26. The van der Waals surface area contributed by atoms with Gasteiger partial charge in [-0.3, -0.25) is 4.98 Å². The minimum atomic E-state index is -0.237. The Morgan fingerprint density at radius 2 is 2.21 bits per heavy atom. The first-order valence-corrected chi connectivity index (χ1v) is 6.99. The Hall–Kier alpha value is -0.970. The van der Waals surface area contributed by atoms with Crippen LogP contribution in [0, 0.1) is 5.82 Å². The van der Waals surface area contributed by atoms with E-state index in [4.69, 9.17) is 11.6 Å². The molecular weight excluding hydrogens is 331 g/mol. The van der Waals surface area contributed by atoms with E-state index >= 15 is 0 Å². The molecule has 0 saturated heterocycles. The lowest BCUT2D eigenvalue weighted by Crippen LogP contribution is -2.20. The van der Waals surface area contributed by atoms with E-state index in [9.17, 15) is 4.39 Å². The van der Waals surface area contributed by atoms with E-state index < -0.39 is 0 Å². The van der Waals surface area contributed by atoms with E-state index in [1.54, 1.807) is 25.5 Å². The van der Waals surface area contributed by atoms with Crippen LogP contribution < -0.4 is 5.32 Å². The van der Waals surface area contributed by atoms with Crippen LogP contribution in [-0.4, -0.2) is 12.0 Å². The maximum Gasteiger partial charge on any atom is 0.129 e. The van der Waals surface area contributed by atoms with E-state index in [0.717, 1.165) is 10.0 Å². The number of hydrogen-bond donors (Lipinski definition) is 1. The van der Waals surface area contributed by atoms with Gasteiger partial charge in [-0.2, -0.15) is 0 Å². The van der Waals surface area contributed by atoms with Crippen LogP contribution in [0.4, 0.5) is 4.39 Å². The average Bonchev–Trinajstić information content (AvgIpc) is 2.39. The second-order valence-electron chi connectivity index (χ2n) is 4.18. The second kappa shape index (κ2) is 6.46. The van der Waals surface area contributed by atoms with Crippen LogP contribution in [0.3, 0.4) is 0 Å².